The van der Waals surface area contributed by atoms with Gasteiger partial charge in [-0.3, -0.25) is 9.59 Å². The summed E-state index contributed by atoms with van der Waals surface area (Å²) >= 11 is 1.34. The number of nitrogens with one attached hydrogen (secondary N) is 2. The van der Waals surface area contributed by atoms with Crippen LogP contribution in [0.15, 0.2) is 35.7 Å². The average Bonchev–Trinajstić information content (AvgIpc) is 3.13. The summed E-state index contributed by atoms with van der Waals surface area (Å²) in [7, 11) is 0. The molecule has 0 aliphatic carbocycles. The van der Waals surface area contributed by atoms with Gasteiger partial charge < -0.3 is 10.6 Å². The van der Waals surface area contributed by atoms with Crippen LogP contribution in [0.1, 0.15) is 31.9 Å². The van der Waals surface area contributed by atoms with E-state index < -0.39 is 18.0 Å². The summed E-state index contributed by atoms with van der Waals surface area (Å²) in [5.74, 6) is -0.524. The molecule has 1 fully saturated rings. The van der Waals surface area contributed by atoms with Gasteiger partial charge in [-0.1, -0.05) is 32.0 Å². The first kappa shape index (κ1) is 17.1. The van der Waals surface area contributed by atoms with Crippen LogP contribution in [0.2, 0.25) is 0 Å². The minimum Gasteiger partial charge on any atom is -0.325 e. The Hall–Kier alpha value is -2.74. The van der Waals surface area contributed by atoms with Gasteiger partial charge in [-0.05, 0) is 18.1 Å². The zero-order chi connectivity index (χ0) is 18.0. The number of hydrogen-bond acceptors (Lipinski definition) is 5. The number of hydrogen-bond donors (Lipinski definition) is 2. The SMILES string of the molecule is CC(C)c1csc(NC(=O)C[C@H]2NC(=O)N(c3ccccc3)C2=O)n1. The number of anilines is 2. The van der Waals surface area contributed by atoms with Crippen LogP contribution in [0.5, 0.6) is 0 Å². The molecule has 8 heteroatoms. The number of aromatic nitrogens is 1. The summed E-state index contributed by atoms with van der Waals surface area (Å²) in [6.07, 6.45) is -0.134. The van der Waals surface area contributed by atoms with E-state index in [1.807, 2.05) is 19.2 Å². The predicted octanol–water partition coefficient (Wildman–Crippen LogP) is 2.72. The molecule has 4 amide bonds. The number of imide groups is 1. The molecular formula is C17H18N4O3S. The van der Waals surface area contributed by atoms with Crippen molar-refractivity contribution in [3.8, 4) is 0 Å². The Bertz CT molecular complexity index is 803. The zero-order valence-electron chi connectivity index (χ0n) is 13.9. The van der Waals surface area contributed by atoms with Crippen LogP contribution in [0.25, 0.3) is 0 Å². The lowest BCUT2D eigenvalue weighted by molar-refractivity contribution is -0.122. The van der Waals surface area contributed by atoms with Crippen LogP contribution < -0.4 is 15.5 Å². The lowest BCUT2D eigenvalue weighted by atomic mass is 10.2. The molecule has 0 radical (unpaired) electrons. The Morgan fingerprint density at radius 1 is 1.32 bits per heavy atom. The van der Waals surface area contributed by atoms with Crippen molar-refractivity contribution < 1.29 is 14.4 Å². The largest absolute Gasteiger partial charge is 0.329 e. The number of benzene rings is 1. The predicted molar refractivity (Wildman–Crippen MR) is 95.7 cm³/mol. The Morgan fingerprint density at radius 3 is 2.68 bits per heavy atom. The van der Waals surface area contributed by atoms with Crippen LogP contribution >= 0.6 is 11.3 Å². The first-order valence-corrected chi connectivity index (χ1v) is 8.78. The minimum atomic E-state index is -0.878. The second-order valence-corrected chi connectivity index (χ2v) is 6.85. The maximum Gasteiger partial charge on any atom is 0.329 e. The van der Waals surface area contributed by atoms with Crippen molar-refractivity contribution in [2.45, 2.75) is 32.2 Å². The van der Waals surface area contributed by atoms with E-state index in [0.29, 0.717) is 10.8 Å². The number of para-hydroxylation sites is 1. The van der Waals surface area contributed by atoms with E-state index in [0.717, 1.165) is 10.6 Å². The summed E-state index contributed by atoms with van der Waals surface area (Å²) in [4.78, 5) is 42.1. The van der Waals surface area contributed by atoms with E-state index in [2.05, 4.69) is 15.6 Å². The standard InChI is InChI=1S/C17H18N4O3S/c1-10(2)13-9-25-16(18-13)20-14(22)8-12-15(23)21(17(24)19-12)11-6-4-3-5-7-11/h3-7,9-10,12H,8H2,1-2H3,(H,19,24)(H,18,20,22)/t12-/m1/s1. The van der Waals surface area contributed by atoms with Gasteiger partial charge in [0.1, 0.15) is 6.04 Å². The molecule has 2 heterocycles. The van der Waals surface area contributed by atoms with Crippen LogP contribution in [-0.2, 0) is 9.59 Å². The third kappa shape index (κ3) is 3.69. The maximum absolute atomic E-state index is 12.4. The fraction of sp³-hybridized carbons (Fsp3) is 0.294. The molecule has 0 unspecified atom stereocenters. The molecule has 25 heavy (non-hydrogen) atoms. The van der Waals surface area contributed by atoms with Crippen molar-refractivity contribution in [1.29, 1.82) is 0 Å². The Kier molecular flexibility index (Phi) is 4.80. The van der Waals surface area contributed by atoms with Crippen LogP contribution in [0.3, 0.4) is 0 Å². The third-order valence-corrected chi connectivity index (χ3v) is 4.56. The molecule has 3 rings (SSSR count). The highest BCUT2D eigenvalue weighted by atomic mass is 32.1. The van der Waals surface area contributed by atoms with Gasteiger partial charge >= 0.3 is 6.03 Å². The maximum atomic E-state index is 12.4. The molecule has 2 N–H and O–H groups in total. The molecule has 0 saturated carbocycles. The lowest BCUT2D eigenvalue weighted by Gasteiger charge is -2.12. The molecule has 1 aliphatic heterocycles. The highest BCUT2D eigenvalue weighted by Gasteiger charge is 2.40. The summed E-state index contributed by atoms with van der Waals surface area (Å²) in [6.45, 7) is 4.04. The van der Waals surface area contributed by atoms with Gasteiger partial charge in [-0.25, -0.2) is 14.7 Å². The molecule has 0 bridgehead atoms. The molecule has 2 aromatic rings. The normalized spacial score (nSPS) is 17.1. The first-order chi connectivity index (χ1) is 12.0. The topological polar surface area (TPSA) is 91.4 Å². The Morgan fingerprint density at radius 2 is 2.04 bits per heavy atom. The molecule has 1 aromatic carbocycles. The van der Waals surface area contributed by atoms with Gasteiger partial charge in [0.2, 0.25) is 5.91 Å². The van der Waals surface area contributed by atoms with Crippen molar-refractivity contribution in [3.63, 3.8) is 0 Å². The van der Waals surface area contributed by atoms with E-state index >= 15 is 0 Å². The van der Waals surface area contributed by atoms with Crippen molar-refractivity contribution >= 4 is 40.0 Å². The number of urea groups is 1. The molecule has 1 aliphatic rings. The van der Waals surface area contributed by atoms with Gasteiger partial charge in [0.25, 0.3) is 5.91 Å². The van der Waals surface area contributed by atoms with Gasteiger partial charge in [0, 0.05) is 5.38 Å². The van der Waals surface area contributed by atoms with Gasteiger partial charge in [-0.15, -0.1) is 11.3 Å². The van der Waals surface area contributed by atoms with Crippen LogP contribution in [0.4, 0.5) is 15.6 Å². The van der Waals surface area contributed by atoms with Crippen molar-refractivity contribution in [2.75, 3.05) is 10.2 Å². The number of nitrogens with zero attached hydrogens (tertiary/aromatic N) is 2. The molecule has 1 saturated heterocycles. The van der Waals surface area contributed by atoms with Crippen LogP contribution in [0, 0.1) is 0 Å². The number of rotatable bonds is 5. The molecule has 1 aromatic heterocycles. The molecule has 7 nitrogen and oxygen atoms in total. The molecule has 130 valence electrons. The quantitative estimate of drug-likeness (QED) is 0.804. The number of amides is 4. The molecule has 0 spiro atoms. The van der Waals surface area contributed by atoms with E-state index in [1.165, 1.54) is 11.3 Å². The Labute approximate surface area is 149 Å². The van der Waals surface area contributed by atoms with Crippen molar-refractivity contribution in [1.82, 2.24) is 10.3 Å². The summed E-state index contributed by atoms with van der Waals surface area (Å²) in [5, 5.41) is 7.61. The Balaban J connectivity index is 1.64. The zero-order valence-corrected chi connectivity index (χ0v) is 14.7. The van der Waals surface area contributed by atoms with E-state index in [9.17, 15) is 14.4 Å². The fourth-order valence-corrected chi connectivity index (χ4v) is 3.34. The van der Waals surface area contributed by atoms with Crippen molar-refractivity contribution in [3.05, 3.63) is 41.4 Å². The number of carbonyl (C=O) groups excluding carboxylic acids is 3. The second kappa shape index (κ2) is 7.02. The number of thiazole rings is 1. The molecular weight excluding hydrogens is 340 g/mol. The highest BCUT2D eigenvalue weighted by Crippen LogP contribution is 2.23. The summed E-state index contributed by atoms with van der Waals surface area (Å²) in [5.41, 5.74) is 1.38. The summed E-state index contributed by atoms with van der Waals surface area (Å²) < 4.78 is 0. The monoisotopic (exact) mass is 358 g/mol. The smallest absolute Gasteiger partial charge is 0.325 e. The summed E-state index contributed by atoms with van der Waals surface area (Å²) in [6, 6.07) is 7.22. The van der Waals surface area contributed by atoms with Gasteiger partial charge in [0.15, 0.2) is 5.13 Å². The van der Waals surface area contributed by atoms with Gasteiger partial charge in [-0.2, -0.15) is 0 Å². The lowest BCUT2D eigenvalue weighted by Crippen LogP contribution is -2.34. The van der Waals surface area contributed by atoms with E-state index in [4.69, 9.17) is 0 Å². The first-order valence-electron chi connectivity index (χ1n) is 7.90. The second-order valence-electron chi connectivity index (χ2n) is 6.00. The highest BCUT2D eigenvalue weighted by molar-refractivity contribution is 7.13. The average molecular weight is 358 g/mol. The van der Waals surface area contributed by atoms with Crippen LogP contribution in [-0.4, -0.2) is 28.9 Å². The molecule has 1 atom stereocenters. The fourth-order valence-electron chi connectivity index (χ4n) is 2.46. The van der Waals surface area contributed by atoms with E-state index in [1.54, 1.807) is 30.3 Å². The van der Waals surface area contributed by atoms with Crippen molar-refractivity contribution in [2.24, 2.45) is 0 Å². The van der Waals surface area contributed by atoms with Gasteiger partial charge in [0.05, 0.1) is 17.8 Å². The third-order valence-electron chi connectivity index (χ3n) is 3.78. The van der Waals surface area contributed by atoms with E-state index in [-0.39, 0.29) is 18.2 Å². The minimum absolute atomic E-state index is 0.134. The number of carbonyl (C=O) groups is 3.